The third-order valence-corrected chi connectivity index (χ3v) is 4.45. The average Bonchev–Trinajstić information content (AvgIpc) is 2.56. The molecule has 0 aromatic heterocycles. The van der Waals surface area contributed by atoms with Crippen molar-refractivity contribution in [3.63, 3.8) is 0 Å². The molecule has 0 atom stereocenters. The van der Waals surface area contributed by atoms with Crippen LogP contribution in [0, 0.1) is 11.3 Å². The van der Waals surface area contributed by atoms with Crippen molar-refractivity contribution in [2.45, 2.75) is 32.2 Å². The number of hydrogen-bond acceptors (Lipinski definition) is 5. The molecule has 0 bridgehead atoms. The normalized spacial score (nSPS) is 15.6. The highest BCUT2D eigenvalue weighted by Gasteiger charge is 2.15. The second-order valence-electron chi connectivity index (χ2n) is 6.28. The first-order chi connectivity index (χ1) is 11.1. The SMILES string of the molecule is COc1cc(CN2CCCCC2)c(CCN(C)CC#N)cc1O. The van der Waals surface area contributed by atoms with Crippen molar-refractivity contribution in [2.75, 3.05) is 40.3 Å². The van der Waals surface area contributed by atoms with E-state index in [0.717, 1.165) is 38.2 Å². The molecule has 0 spiro atoms. The van der Waals surface area contributed by atoms with Crippen molar-refractivity contribution in [2.24, 2.45) is 0 Å². The largest absolute Gasteiger partial charge is 0.504 e. The van der Waals surface area contributed by atoms with E-state index in [-0.39, 0.29) is 5.75 Å². The van der Waals surface area contributed by atoms with Crippen LogP contribution in [0.25, 0.3) is 0 Å². The van der Waals surface area contributed by atoms with E-state index in [1.807, 2.05) is 24.1 Å². The molecule has 0 amide bonds. The van der Waals surface area contributed by atoms with Gasteiger partial charge in [0.15, 0.2) is 11.5 Å². The van der Waals surface area contributed by atoms with Gasteiger partial charge in [-0.15, -0.1) is 0 Å². The van der Waals surface area contributed by atoms with Crippen molar-refractivity contribution < 1.29 is 9.84 Å². The fraction of sp³-hybridized carbons (Fsp3) is 0.611. The summed E-state index contributed by atoms with van der Waals surface area (Å²) >= 11 is 0. The summed E-state index contributed by atoms with van der Waals surface area (Å²) in [5.41, 5.74) is 2.35. The number of methoxy groups -OCH3 is 1. The van der Waals surface area contributed by atoms with Crippen LogP contribution >= 0.6 is 0 Å². The van der Waals surface area contributed by atoms with Crippen LogP contribution in [0.1, 0.15) is 30.4 Å². The molecule has 5 heteroatoms. The van der Waals surface area contributed by atoms with Crippen LogP contribution in [0.3, 0.4) is 0 Å². The number of likely N-dealkylation sites (tertiary alicyclic amines) is 1. The Labute approximate surface area is 139 Å². The molecular weight excluding hydrogens is 290 g/mol. The summed E-state index contributed by atoms with van der Waals surface area (Å²) in [5, 5.41) is 18.8. The molecule has 23 heavy (non-hydrogen) atoms. The number of aromatic hydroxyl groups is 1. The standard InChI is InChI=1S/C18H27N3O2/c1-20(11-7-19)10-6-15-12-17(22)18(23-2)13-16(15)14-21-8-4-3-5-9-21/h12-13,22H,3-6,8-11,14H2,1-2H3. The average molecular weight is 317 g/mol. The molecule has 1 aromatic rings. The minimum Gasteiger partial charge on any atom is -0.504 e. The lowest BCUT2D eigenvalue weighted by Gasteiger charge is -2.28. The van der Waals surface area contributed by atoms with Crippen LogP contribution in [-0.4, -0.2) is 55.2 Å². The molecule has 1 fully saturated rings. The van der Waals surface area contributed by atoms with Crippen LogP contribution in [0.15, 0.2) is 12.1 Å². The molecular formula is C18H27N3O2. The molecule has 0 saturated carbocycles. The number of phenolic OH excluding ortho intramolecular Hbond substituents is 1. The summed E-state index contributed by atoms with van der Waals surface area (Å²) in [6.07, 6.45) is 4.66. The molecule has 5 nitrogen and oxygen atoms in total. The van der Waals surface area contributed by atoms with Crippen LogP contribution in [0.4, 0.5) is 0 Å². The van der Waals surface area contributed by atoms with E-state index < -0.39 is 0 Å². The second kappa shape index (κ2) is 8.76. The number of likely N-dealkylation sites (N-methyl/N-ethyl adjacent to an activating group) is 1. The van der Waals surface area contributed by atoms with E-state index in [4.69, 9.17) is 10.00 Å². The number of hydrogen-bond donors (Lipinski definition) is 1. The summed E-state index contributed by atoms with van der Waals surface area (Å²) < 4.78 is 5.27. The number of nitriles is 1. The van der Waals surface area contributed by atoms with Crippen molar-refractivity contribution in [1.82, 2.24) is 9.80 Å². The summed E-state index contributed by atoms with van der Waals surface area (Å²) in [6.45, 7) is 4.39. The lowest BCUT2D eigenvalue weighted by Crippen LogP contribution is -2.29. The third kappa shape index (κ3) is 5.12. The first kappa shape index (κ1) is 17.6. The van der Waals surface area contributed by atoms with Gasteiger partial charge in [0.05, 0.1) is 19.7 Å². The van der Waals surface area contributed by atoms with Crippen LogP contribution in [0.5, 0.6) is 11.5 Å². The zero-order chi connectivity index (χ0) is 16.7. The van der Waals surface area contributed by atoms with E-state index in [1.165, 1.54) is 24.8 Å². The molecule has 1 saturated heterocycles. The summed E-state index contributed by atoms with van der Waals surface area (Å²) in [5.74, 6) is 0.721. The first-order valence-corrected chi connectivity index (χ1v) is 8.30. The van der Waals surface area contributed by atoms with Gasteiger partial charge in [-0.3, -0.25) is 9.80 Å². The number of nitrogens with zero attached hydrogens (tertiary/aromatic N) is 3. The predicted octanol–water partition coefficient (Wildman–Crippen LogP) is 2.38. The third-order valence-electron chi connectivity index (χ3n) is 4.45. The Balaban J connectivity index is 2.13. The lowest BCUT2D eigenvalue weighted by atomic mass is 10.0. The van der Waals surface area contributed by atoms with Gasteiger partial charge in [-0.2, -0.15) is 5.26 Å². The van der Waals surface area contributed by atoms with Gasteiger partial charge in [0, 0.05) is 13.1 Å². The van der Waals surface area contributed by atoms with Crippen molar-refractivity contribution in [3.8, 4) is 17.6 Å². The van der Waals surface area contributed by atoms with Gasteiger partial charge in [-0.25, -0.2) is 0 Å². The highest BCUT2D eigenvalue weighted by atomic mass is 16.5. The monoisotopic (exact) mass is 317 g/mol. The van der Waals surface area contributed by atoms with E-state index in [1.54, 1.807) is 7.11 Å². The molecule has 1 aliphatic heterocycles. The quantitative estimate of drug-likeness (QED) is 0.783. The molecule has 1 aliphatic rings. The number of benzene rings is 1. The van der Waals surface area contributed by atoms with Crippen LogP contribution in [0.2, 0.25) is 0 Å². The van der Waals surface area contributed by atoms with Gasteiger partial charge in [-0.05, 0) is 62.7 Å². The Kier molecular flexibility index (Phi) is 6.69. The lowest BCUT2D eigenvalue weighted by molar-refractivity contribution is 0.219. The van der Waals surface area contributed by atoms with Crippen LogP contribution in [-0.2, 0) is 13.0 Å². The van der Waals surface area contributed by atoms with E-state index >= 15 is 0 Å². The first-order valence-electron chi connectivity index (χ1n) is 8.30. The molecule has 1 N–H and O–H groups in total. The maximum atomic E-state index is 10.1. The number of rotatable bonds is 7. The summed E-state index contributed by atoms with van der Waals surface area (Å²) in [4.78, 5) is 4.46. The van der Waals surface area contributed by atoms with Gasteiger partial charge in [0.1, 0.15) is 0 Å². The Morgan fingerprint density at radius 2 is 2.00 bits per heavy atom. The highest BCUT2D eigenvalue weighted by Crippen LogP contribution is 2.31. The van der Waals surface area contributed by atoms with E-state index in [0.29, 0.717) is 12.3 Å². The molecule has 1 aromatic carbocycles. The molecule has 1 heterocycles. The fourth-order valence-corrected chi connectivity index (χ4v) is 3.07. The summed E-state index contributed by atoms with van der Waals surface area (Å²) in [7, 11) is 3.52. The zero-order valence-corrected chi connectivity index (χ0v) is 14.2. The van der Waals surface area contributed by atoms with Crippen molar-refractivity contribution in [1.29, 1.82) is 5.26 Å². The Hall–Kier alpha value is -1.77. The smallest absolute Gasteiger partial charge is 0.160 e. The minimum absolute atomic E-state index is 0.188. The molecule has 0 unspecified atom stereocenters. The number of phenols is 1. The highest BCUT2D eigenvalue weighted by molar-refractivity contribution is 5.46. The minimum atomic E-state index is 0.188. The topological polar surface area (TPSA) is 59.7 Å². The number of ether oxygens (including phenoxy) is 1. The van der Waals surface area contributed by atoms with Gasteiger partial charge in [0.25, 0.3) is 0 Å². The molecule has 126 valence electrons. The van der Waals surface area contributed by atoms with Crippen LogP contribution < -0.4 is 4.74 Å². The molecule has 0 aliphatic carbocycles. The molecule has 2 rings (SSSR count). The maximum absolute atomic E-state index is 10.1. The maximum Gasteiger partial charge on any atom is 0.160 e. The second-order valence-corrected chi connectivity index (χ2v) is 6.28. The summed E-state index contributed by atoms with van der Waals surface area (Å²) in [6, 6.07) is 5.94. The van der Waals surface area contributed by atoms with Crippen molar-refractivity contribution in [3.05, 3.63) is 23.3 Å². The number of piperidine rings is 1. The van der Waals surface area contributed by atoms with Gasteiger partial charge in [-0.1, -0.05) is 6.42 Å². The Bertz CT molecular complexity index is 548. The van der Waals surface area contributed by atoms with Gasteiger partial charge in [0.2, 0.25) is 0 Å². The Morgan fingerprint density at radius 1 is 1.26 bits per heavy atom. The van der Waals surface area contributed by atoms with Crippen molar-refractivity contribution >= 4 is 0 Å². The van der Waals surface area contributed by atoms with E-state index in [2.05, 4.69) is 11.0 Å². The van der Waals surface area contributed by atoms with Gasteiger partial charge < -0.3 is 9.84 Å². The molecule has 0 radical (unpaired) electrons. The van der Waals surface area contributed by atoms with Gasteiger partial charge >= 0.3 is 0 Å². The van der Waals surface area contributed by atoms with E-state index in [9.17, 15) is 5.11 Å². The Morgan fingerprint density at radius 3 is 2.65 bits per heavy atom. The fourth-order valence-electron chi connectivity index (χ4n) is 3.07. The zero-order valence-electron chi connectivity index (χ0n) is 14.2. The predicted molar refractivity (Wildman–Crippen MR) is 90.6 cm³/mol.